The summed E-state index contributed by atoms with van der Waals surface area (Å²) in [6, 6.07) is 0. The second-order valence-corrected chi connectivity index (χ2v) is 8.38. The van der Waals surface area contributed by atoms with Gasteiger partial charge in [-0.2, -0.15) is 0 Å². The molecule has 1 N–H and O–H groups in total. The fraction of sp³-hybridized carbons (Fsp3) is 0.579. The largest absolute Gasteiger partial charge is 0.453 e. The van der Waals surface area contributed by atoms with E-state index in [1.807, 2.05) is 11.8 Å². The monoisotopic (exact) mass is 435 g/mol. The number of rotatable bonds is 5. The number of methoxy groups -OCH3 is 1. The maximum Gasteiger partial charge on any atom is 0.413 e. The predicted octanol–water partition coefficient (Wildman–Crippen LogP) is 0.870. The Balaban J connectivity index is 1.74. The van der Waals surface area contributed by atoms with Crippen molar-refractivity contribution in [2.24, 2.45) is 4.99 Å². The maximum absolute atomic E-state index is 13.0. The molecule has 4 heterocycles. The minimum atomic E-state index is -0.575. The topological polar surface area (TPSA) is 107 Å². The van der Waals surface area contributed by atoms with Crippen LogP contribution in [0.5, 0.6) is 0 Å². The number of alkyl carbamates (subject to hydrolysis) is 1. The summed E-state index contributed by atoms with van der Waals surface area (Å²) < 4.78 is 13.1. The van der Waals surface area contributed by atoms with Crippen LogP contribution >= 0.6 is 11.3 Å². The first-order valence-electron chi connectivity index (χ1n) is 9.96. The first kappa shape index (κ1) is 20.6. The molecule has 1 amide bonds. The van der Waals surface area contributed by atoms with Crippen molar-refractivity contribution in [2.75, 3.05) is 26.8 Å². The second kappa shape index (κ2) is 8.23. The van der Waals surface area contributed by atoms with E-state index in [0.29, 0.717) is 55.5 Å². The van der Waals surface area contributed by atoms with Crippen LogP contribution in [0.1, 0.15) is 23.8 Å². The lowest BCUT2D eigenvalue weighted by atomic mass is 10.2. The third kappa shape index (κ3) is 3.52. The maximum atomic E-state index is 13.0. The number of hydrogen-bond donors (Lipinski definition) is 1. The Bertz CT molecular complexity index is 1130. The number of nitrogens with zero attached hydrogens (tertiary/aromatic N) is 4. The standard InChI is InChI=1S/C19H25N5O5S/c1-4-23-15(25)14-11(2)13(10-22-7-6-20-17(22)21-18(26)28-3)30-16(14)24(19(23)27)9-12-5-8-29-12/h12H,4-10H2,1-3H3,(H,20,21,26). The molecule has 0 spiro atoms. The van der Waals surface area contributed by atoms with Crippen LogP contribution < -0.4 is 16.6 Å². The van der Waals surface area contributed by atoms with E-state index in [2.05, 4.69) is 15.0 Å². The highest BCUT2D eigenvalue weighted by atomic mass is 32.1. The second-order valence-electron chi connectivity index (χ2n) is 7.30. The molecule has 2 aliphatic rings. The Kier molecular flexibility index (Phi) is 5.65. The molecule has 10 nitrogen and oxygen atoms in total. The first-order chi connectivity index (χ1) is 14.4. The highest BCUT2D eigenvalue weighted by Crippen LogP contribution is 2.30. The number of hydrogen-bond acceptors (Lipinski definition) is 8. The zero-order valence-corrected chi connectivity index (χ0v) is 18.1. The summed E-state index contributed by atoms with van der Waals surface area (Å²) in [5.41, 5.74) is 0.301. The molecule has 2 aromatic rings. The van der Waals surface area contributed by atoms with Gasteiger partial charge < -0.3 is 14.4 Å². The summed E-state index contributed by atoms with van der Waals surface area (Å²) >= 11 is 1.44. The molecule has 11 heteroatoms. The fourth-order valence-corrected chi connectivity index (χ4v) is 5.05. The number of aliphatic imine (C=N–C) groups is 1. The number of thiophene rings is 1. The number of carbonyl (C=O) groups is 1. The van der Waals surface area contributed by atoms with Gasteiger partial charge in [0.25, 0.3) is 5.56 Å². The van der Waals surface area contributed by atoms with Crippen molar-refractivity contribution >= 4 is 33.6 Å². The fourth-order valence-electron chi connectivity index (χ4n) is 3.73. The molecule has 0 radical (unpaired) electrons. The molecule has 1 saturated heterocycles. The van der Waals surface area contributed by atoms with Gasteiger partial charge >= 0.3 is 11.8 Å². The Morgan fingerprint density at radius 1 is 1.37 bits per heavy atom. The van der Waals surface area contributed by atoms with Crippen molar-refractivity contribution in [1.82, 2.24) is 19.4 Å². The molecular formula is C19H25N5O5S. The number of ether oxygens (including phenoxy) is 2. The Labute approximate surface area is 176 Å². The van der Waals surface area contributed by atoms with Crippen molar-refractivity contribution in [2.45, 2.75) is 46.0 Å². The zero-order valence-electron chi connectivity index (χ0n) is 17.3. The van der Waals surface area contributed by atoms with Crippen LogP contribution in [0.4, 0.5) is 4.79 Å². The van der Waals surface area contributed by atoms with E-state index >= 15 is 0 Å². The number of carbonyl (C=O) groups excluding carboxylic acids is 1. The number of nitrogens with one attached hydrogen (secondary N) is 1. The average Bonchev–Trinajstić information content (AvgIpc) is 3.25. The number of aromatic nitrogens is 2. The smallest absolute Gasteiger partial charge is 0.413 e. The molecular weight excluding hydrogens is 410 g/mol. The summed E-state index contributed by atoms with van der Waals surface area (Å²) in [7, 11) is 1.30. The highest BCUT2D eigenvalue weighted by Gasteiger charge is 2.26. The van der Waals surface area contributed by atoms with Crippen molar-refractivity contribution in [3.05, 3.63) is 31.3 Å². The van der Waals surface area contributed by atoms with Gasteiger partial charge in [-0.1, -0.05) is 0 Å². The summed E-state index contributed by atoms with van der Waals surface area (Å²) in [5, 5.41) is 3.20. The number of fused-ring (bicyclic) bond motifs is 1. The van der Waals surface area contributed by atoms with Gasteiger partial charge in [0.05, 0.1) is 38.2 Å². The lowest BCUT2D eigenvalue weighted by Gasteiger charge is -2.27. The summed E-state index contributed by atoms with van der Waals surface area (Å²) in [6.07, 6.45) is 0.332. The summed E-state index contributed by atoms with van der Waals surface area (Å²) in [5.74, 6) is 0.449. The van der Waals surface area contributed by atoms with Gasteiger partial charge in [-0.05, 0) is 25.8 Å². The van der Waals surface area contributed by atoms with Crippen molar-refractivity contribution in [3.8, 4) is 0 Å². The Morgan fingerprint density at radius 2 is 2.13 bits per heavy atom. The van der Waals surface area contributed by atoms with Crippen molar-refractivity contribution in [1.29, 1.82) is 0 Å². The van der Waals surface area contributed by atoms with E-state index in [-0.39, 0.29) is 17.4 Å². The molecule has 0 bridgehead atoms. The predicted molar refractivity (Wildman–Crippen MR) is 113 cm³/mol. The Hall–Kier alpha value is -2.66. The third-order valence-electron chi connectivity index (χ3n) is 5.55. The number of guanidine groups is 1. The third-order valence-corrected chi connectivity index (χ3v) is 6.85. The Morgan fingerprint density at radius 3 is 2.77 bits per heavy atom. The van der Waals surface area contributed by atoms with Gasteiger partial charge in [-0.25, -0.2) is 9.59 Å². The first-order valence-corrected chi connectivity index (χ1v) is 10.8. The van der Waals surface area contributed by atoms with Crippen LogP contribution in [0.15, 0.2) is 14.6 Å². The summed E-state index contributed by atoms with van der Waals surface area (Å²) in [6.45, 7) is 6.86. The minimum absolute atomic E-state index is 0.00105. The van der Waals surface area contributed by atoms with Crippen LogP contribution in [0, 0.1) is 6.92 Å². The lowest BCUT2D eigenvalue weighted by Crippen LogP contribution is -2.43. The molecule has 0 aliphatic carbocycles. The van der Waals surface area contributed by atoms with Crippen LogP contribution in [0.2, 0.25) is 0 Å². The molecule has 1 fully saturated rings. The van der Waals surface area contributed by atoms with Crippen LogP contribution in [-0.4, -0.2) is 59.0 Å². The van der Waals surface area contributed by atoms with E-state index in [1.54, 1.807) is 11.5 Å². The average molecular weight is 436 g/mol. The van der Waals surface area contributed by atoms with Crippen LogP contribution in [0.25, 0.3) is 10.2 Å². The van der Waals surface area contributed by atoms with E-state index in [1.165, 1.54) is 23.0 Å². The minimum Gasteiger partial charge on any atom is -0.453 e. The van der Waals surface area contributed by atoms with Crippen molar-refractivity contribution in [3.63, 3.8) is 0 Å². The normalized spacial score (nSPS) is 18.4. The molecule has 30 heavy (non-hydrogen) atoms. The van der Waals surface area contributed by atoms with E-state index < -0.39 is 6.09 Å². The highest BCUT2D eigenvalue weighted by molar-refractivity contribution is 7.18. The molecule has 162 valence electrons. The van der Waals surface area contributed by atoms with Crippen LogP contribution in [-0.2, 0) is 29.1 Å². The molecule has 0 saturated carbocycles. The van der Waals surface area contributed by atoms with Gasteiger partial charge in [-0.15, -0.1) is 11.3 Å². The van der Waals surface area contributed by atoms with Gasteiger partial charge in [0, 0.05) is 24.6 Å². The number of amides is 1. The van der Waals surface area contributed by atoms with Gasteiger partial charge in [-0.3, -0.25) is 24.2 Å². The van der Waals surface area contributed by atoms with E-state index in [0.717, 1.165) is 16.9 Å². The number of aryl methyl sites for hydroxylation is 1. The molecule has 1 atom stereocenters. The van der Waals surface area contributed by atoms with Gasteiger partial charge in [0.2, 0.25) is 5.96 Å². The molecule has 4 rings (SSSR count). The van der Waals surface area contributed by atoms with Gasteiger partial charge in [0.15, 0.2) is 0 Å². The van der Waals surface area contributed by atoms with Crippen LogP contribution in [0.3, 0.4) is 0 Å². The van der Waals surface area contributed by atoms with E-state index in [4.69, 9.17) is 4.74 Å². The summed E-state index contributed by atoms with van der Waals surface area (Å²) in [4.78, 5) is 45.5. The lowest BCUT2D eigenvalue weighted by molar-refractivity contribution is -0.0593. The molecule has 2 aliphatic heterocycles. The molecule has 1 unspecified atom stereocenters. The van der Waals surface area contributed by atoms with E-state index in [9.17, 15) is 14.4 Å². The van der Waals surface area contributed by atoms with Gasteiger partial charge in [0.1, 0.15) is 4.83 Å². The molecule has 2 aromatic heterocycles. The van der Waals surface area contributed by atoms with Crippen molar-refractivity contribution < 1.29 is 14.3 Å². The zero-order chi connectivity index (χ0) is 21.4. The quantitative estimate of drug-likeness (QED) is 0.747. The molecule has 0 aromatic carbocycles. The SMILES string of the molecule is CCn1c(=O)c2c(C)c(CN3CCN=C3NC(=O)OC)sc2n(CC2CCO2)c1=O.